The zero-order chi connectivity index (χ0) is 24.1. The molecule has 8 nitrogen and oxygen atoms in total. The number of thiophene rings is 1. The molecule has 3 atom stereocenters. The second kappa shape index (κ2) is 8.95. The summed E-state index contributed by atoms with van der Waals surface area (Å²) in [6.45, 7) is 1.58. The van der Waals surface area contributed by atoms with Gasteiger partial charge in [-0.1, -0.05) is 18.2 Å². The molecule has 1 amide bonds. The van der Waals surface area contributed by atoms with Gasteiger partial charge in [0.05, 0.1) is 18.6 Å². The van der Waals surface area contributed by atoms with Crippen molar-refractivity contribution in [1.29, 1.82) is 0 Å². The number of rotatable bonds is 6. The average molecular weight is 494 g/mol. The van der Waals surface area contributed by atoms with Crippen molar-refractivity contribution in [3.8, 4) is 16.9 Å². The molecule has 184 valence electrons. The number of nitrogens with zero attached hydrogens (tertiary/aromatic N) is 4. The third kappa shape index (κ3) is 4.00. The summed E-state index contributed by atoms with van der Waals surface area (Å²) < 4.78 is 5.68. The first-order chi connectivity index (χ1) is 17.0. The molecule has 0 aliphatic carbocycles. The summed E-state index contributed by atoms with van der Waals surface area (Å²) in [5, 5.41) is 13.5. The fourth-order valence-electron chi connectivity index (χ4n) is 6.27. The molecule has 5 heterocycles. The summed E-state index contributed by atoms with van der Waals surface area (Å²) in [5.74, 6) is 2.48. The van der Waals surface area contributed by atoms with E-state index in [1.165, 1.54) is 0 Å². The van der Waals surface area contributed by atoms with Gasteiger partial charge in [0.2, 0.25) is 11.9 Å². The maximum atomic E-state index is 11.6. The smallest absolute Gasteiger partial charge is 0.229 e. The Morgan fingerprint density at radius 1 is 1.17 bits per heavy atom. The Balaban J connectivity index is 1.48. The third-order valence-electron chi connectivity index (χ3n) is 7.81. The zero-order valence-corrected chi connectivity index (χ0v) is 20.7. The SMILES string of the molecule is COc1ccccc1-c1csc2nc(N3C4CCC3CC(O)C4)nc(N3CCC(CC(N)=O)C3)c12. The standard InChI is InChI=1S/C26H31N5O3S/c1-34-21-5-3-2-4-19(21)20-14-35-25-23(20)24(30-9-8-15(13-30)10-22(27)33)28-26(29-25)31-16-6-7-17(31)12-18(32)11-16/h2-5,14-18,32H,6-13H2,1H3,(H2,27,33). The Hall–Kier alpha value is -2.91. The molecular formula is C26H31N5O3S. The Morgan fingerprint density at radius 2 is 1.94 bits per heavy atom. The number of methoxy groups -OCH3 is 1. The number of nitrogens with two attached hydrogens (primary N) is 1. The van der Waals surface area contributed by atoms with Crippen molar-refractivity contribution in [1.82, 2.24) is 9.97 Å². The molecule has 3 saturated heterocycles. The van der Waals surface area contributed by atoms with Crippen LogP contribution in [0.25, 0.3) is 21.3 Å². The van der Waals surface area contributed by atoms with Crippen LogP contribution in [0.1, 0.15) is 38.5 Å². The Morgan fingerprint density at radius 3 is 2.69 bits per heavy atom. The van der Waals surface area contributed by atoms with Gasteiger partial charge in [-0.2, -0.15) is 4.98 Å². The quantitative estimate of drug-likeness (QED) is 0.541. The number of para-hydroxylation sites is 1. The number of aliphatic hydroxyl groups is 1. The maximum absolute atomic E-state index is 11.6. The second-order valence-corrected chi connectivity index (χ2v) is 10.9. The van der Waals surface area contributed by atoms with Crippen LogP contribution in [-0.2, 0) is 4.79 Å². The number of primary amides is 1. The highest BCUT2D eigenvalue weighted by Crippen LogP contribution is 2.45. The van der Waals surface area contributed by atoms with E-state index in [2.05, 4.69) is 21.2 Å². The second-order valence-electron chi connectivity index (χ2n) is 10.1. The summed E-state index contributed by atoms with van der Waals surface area (Å²) >= 11 is 1.63. The summed E-state index contributed by atoms with van der Waals surface area (Å²) in [4.78, 5) is 27.5. The lowest BCUT2D eigenvalue weighted by Crippen LogP contribution is -2.45. The lowest BCUT2D eigenvalue weighted by Gasteiger charge is -2.37. The number of aromatic nitrogens is 2. The number of carbonyl (C=O) groups is 1. The first kappa shape index (κ1) is 22.5. The van der Waals surface area contributed by atoms with E-state index in [0.717, 1.165) is 84.1 Å². The van der Waals surface area contributed by atoms with Gasteiger partial charge in [0.25, 0.3) is 0 Å². The van der Waals surface area contributed by atoms with E-state index in [1.807, 2.05) is 18.2 Å². The minimum atomic E-state index is -0.251. The number of hydrogen-bond acceptors (Lipinski definition) is 8. The van der Waals surface area contributed by atoms with Crippen LogP contribution in [0.4, 0.5) is 11.8 Å². The molecule has 3 unspecified atom stereocenters. The number of aliphatic hydroxyl groups excluding tert-OH is 1. The summed E-state index contributed by atoms with van der Waals surface area (Å²) in [7, 11) is 1.69. The van der Waals surface area contributed by atoms with Crippen molar-refractivity contribution in [2.75, 3.05) is 30.0 Å². The number of piperidine rings is 1. The number of fused-ring (bicyclic) bond motifs is 3. The molecule has 35 heavy (non-hydrogen) atoms. The van der Waals surface area contributed by atoms with Crippen LogP contribution < -0.4 is 20.3 Å². The lowest BCUT2D eigenvalue weighted by molar-refractivity contribution is -0.118. The third-order valence-corrected chi connectivity index (χ3v) is 8.69. The lowest BCUT2D eigenvalue weighted by atomic mass is 10.0. The minimum absolute atomic E-state index is 0.232. The van der Waals surface area contributed by atoms with Gasteiger partial charge in [0.15, 0.2) is 0 Å². The van der Waals surface area contributed by atoms with Crippen molar-refractivity contribution in [3.63, 3.8) is 0 Å². The zero-order valence-electron chi connectivity index (χ0n) is 19.9. The van der Waals surface area contributed by atoms with Crippen molar-refractivity contribution in [3.05, 3.63) is 29.6 Å². The van der Waals surface area contributed by atoms with E-state index in [-0.39, 0.29) is 30.0 Å². The van der Waals surface area contributed by atoms with Gasteiger partial charge in [-0.25, -0.2) is 4.98 Å². The number of hydrogen-bond donors (Lipinski definition) is 2. The molecule has 9 heteroatoms. The van der Waals surface area contributed by atoms with Crippen molar-refractivity contribution < 1.29 is 14.6 Å². The van der Waals surface area contributed by atoms with Crippen molar-refractivity contribution in [2.45, 2.75) is 56.7 Å². The van der Waals surface area contributed by atoms with Crippen LogP contribution in [0.15, 0.2) is 29.6 Å². The van der Waals surface area contributed by atoms with E-state index >= 15 is 0 Å². The van der Waals surface area contributed by atoms with E-state index in [0.29, 0.717) is 6.42 Å². The predicted octanol–water partition coefficient (Wildman–Crippen LogP) is 3.56. The topological polar surface area (TPSA) is 105 Å². The van der Waals surface area contributed by atoms with E-state index < -0.39 is 0 Å². The van der Waals surface area contributed by atoms with Gasteiger partial charge in [0.1, 0.15) is 16.4 Å². The summed E-state index contributed by atoms with van der Waals surface area (Å²) in [6, 6.07) is 8.61. The molecule has 0 spiro atoms. The monoisotopic (exact) mass is 493 g/mol. The van der Waals surface area contributed by atoms with Crippen LogP contribution >= 0.6 is 11.3 Å². The number of benzene rings is 1. The molecule has 3 aromatic rings. The number of carbonyl (C=O) groups excluding carboxylic acids is 1. The van der Waals surface area contributed by atoms with Gasteiger partial charge in [0, 0.05) is 48.1 Å². The highest BCUT2D eigenvalue weighted by molar-refractivity contribution is 7.17. The van der Waals surface area contributed by atoms with E-state index in [9.17, 15) is 9.90 Å². The van der Waals surface area contributed by atoms with Gasteiger partial charge in [-0.05, 0) is 44.1 Å². The molecule has 6 rings (SSSR count). The average Bonchev–Trinajstić information content (AvgIpc) is 3.54. The molecule has 3 N–H and O–H groups in total. The van der Waals surface area contributed by atoms with Crippen molar-refractivity contribution >= 4 is 39.2 Å². The Bertz CT molecular complexity index is 1250. The Labute approximate surface area is 208 Å². The van der Waals surface area contributed by atoms with Crippen LogP contribution in [0.2, 0.25) is 0 Å². The van der Waals surface area contributed by atoms with Crippen molar-refractivity contribution in [2.24, 2.45) is 11.7 Å². The normalized spacial score (nSPS) is 26.0. The number of anilines is 2. The van der Waals surface area contributed by atoms with Gasteiger partial charge < -0.3 is 25.4 Å². The number of amides is 1. The van der Waals surface area contributed by atoms with E-state index in [1.54, 1.807) is 18.4 Å². The van der Waals surface area contributed by atoms with Crippen LogP contribution in [-0.4, -0.2) is 59.4 Å². The molecule has 2 bridgehead atoms. The summed E-state index contributed by atoms with van der Waals surface area (Å²) in [6.07, 6.45) is 4.76. The molecular weight excluding hydrogens is 462 g/mol. The fourth-order valence-corrected chi connectivity index (χ4v) is 7.20. The maximum Gasteiger partial charge on any atom is 0.229 e. The van der Waals surface area contributed by atoms with Gasteiger partial charge in [-0.15, -0.1) is 11.3 Å². The van der Waals surface area contributed by atoms with Crippen LogP contribution in [0, 0.1) is 5.92 Å². The molecule has 1 aromatic carbocycles. The molecule has 2 aromatic heterocycles. The van der Waals surface area contributed by atoms with E-state index in [4.69, 9.17) is 20.4 Å². The first-order valence-corrected chi connectivity index (χ1v) is 13.3. The van der Waals surface area contributed by atoms with Crippen LogP contribution in [0.3, 0.4) is 0 Å². The molecule has 0 radical (unpaired) electrons. The summed E-state index contributed by atoms with van der Waals surface area (Å²) in [5.41, 5.74) is 7.60. The molecule has 3 aliphatic rings. The molecule has 0 saturated carbocycles. The van der Waals surface area contributed by atoms with Crippen LogP contribution in [0.5, 0.6) is 5.75 Å². The number of ether oxygens (including phenoxy) is 1. The molecule has 3 fully saturated rings. The van der Waals surface area contributed by atoms with Gasteiger partial charge >= 0.3 is 0 Å². The highest BCUT2D eigenvalue weighted by atomic mass is 32.1. The first-order valence-electron chi connectivity index (χ1n) is 12.4. The fraction of sp³-hybridized carbons (Fsp3) is 0.500. The van der Waals surface area contributed by atoms with Gasteiger partial charge in [-0.3, -0.25) is 4.79 Å². The Kier molecular flexibility index (Phi) is 5.76. The minimum Gasteiger partial charge on any atom is -0.496 e. The predicted molar refractivity (Wildman–Crippen MR) is 138 cm³/mol. The largest absolute Gasteiger partial charge is 0.496 e. The highest BCUT2D eigenvalue weighted by Gasteiger charge is 2.42. The molecule has 3 aliphatic heterocycles.